The van der Waals surface area contributed by atoms with E-state index in [1.807, 2.05) is 0 Å². The molecule has 0 N–H and O–H groups in total. The zero-order valence-corrected chi connectivity index (χ0v) is 9.98. The molecule has 0 aromatic rings. The van der Waals surface area contributed by atoms with E-state index in [0.717, 1.165) is 12.8 Å². The van der Waals surface area contributed by atoms with Crippen LogP contribution < -0.4 is 0 Å². The van der Waals surface area contributed by atoms with Crippen LogP contribution in [0.4, 0.5) is 0 Å². The van der Waals surface area contributed by atoms with E-state index in [0.29, 0.717) is 0 Å². The second-order valence-electron chi connectivity index (χ2n) is 3.67. The molecule has 0 aliphatic rings. The molecule has 14 heavy (non-hydrogen) atoms. The quantitative estimate of drug-likeness (QED) is 0.444. The van der Waals surface area contributed by atoms with Crippen LogP contribution in [0.15, 0.2) is 0 Å². The predicted octanol–water partition coefficient (Wildman–Crippen LogP) is 2.94. The van der Waals surface area contributed by atoms with Gasteiger partial charge in [0.2, 0.25) is 0 Å². The molecule has 0 aliphatic heterocycles. The van der Waals surface area contributed by atoms with Crippen molar-refractivity contribution < 1.29 is 12.9 Å². The van der Waals surface area contributed by atoms with E-state index < -0.39 is 11.4 Å². The van der Waals surface area contributed by atoms with Crippen molar-refractivity contribution in [3.63, 3.8) is 0 Å². The summed E-state index contributed by atoms with van der Waals surface area (Å²) in [6.07, 6.45) is 8.01. The van der Waals surface area contributed by atoms with Crippen LogP contribution >= 0.6 is 0 Å². The molecule has 86 valence electrons. The van der Waals surface area contributed by atoms with Gasteiger partial charge in [-0.05, 0) is 13.3 Å². The molecule has 0 spiro atoms. The fourth-order valence-electron chi connectivity index (χ4n) is 1.39. The van der Waals surface area contributed by atoms with Gasteiger partial charge >= 0.3 is 0 Å². The fraction of sp³-hybridized carbons (Fsp3) is 1.00. The first-order valence-electron chi connectivity index (χ1n) is 5.43. The van der Waals surface area contributed by atoms with Crippen molar-refractivity contribution in [2.24, 2.45) is 0 Å². The van der Waals surface area contributed by atoms with Gasteiger partial charge in [-0.3, -0.25) is 4.18 Å². The van der Waals surface area contributed by atoms with E-state index in [1.54, 1.807) is 6.92 Å². The Morgan fingerprint density at radius 2 is 1.79 bits per heavy atom. The molecule has 0 heterocycles. The summed E-state index contributed by atoms with van der Waals surface area (Å²) in [5.74, 6) is 0. The van der Waals surface area contributed by atoms with E-state index in [9.17, 15) is 8.76 Å². The summed E-state index contributed by atoms with van der Waals surface area (Å²) in [6, 6.07) is 0. The average Bonchev–Trinajstić information content (AvgIpc) is 2.10. The maximum atomic E-state index is 10.2. The molecule has 0 aromatic heterocycles. The first kappa shape index (κ1) is 14.1. The van der Waals surface area contributed by atoms with Gasteiger partial charge in [-0.2, -0.15) is 0 Å². The van der Waals surface area contributed by atoms with Gasteiger partial charge in [0.15, 0.2) is 0 Å². The third kappa shape index (κ3) is 10.2. The summed E-state index contributed by atoms with van der Waals surface area (Å²) in [5, 5.41) is 0. The molecule has 0 amide bonds. The van der Waals surface area contributed by atoms with Crippen LogP contribution in [-0.2, 0) is 15.5 Å². The largest absolute Gasteiger partial charge is 0.750 e. The minimum absolute atomic E-state index is 0.167. The van der Waals surface area contributed by atoms with Gasteiger partial charge in [-0.25, -0.2) is 4.21 Å². The second kappa shape index (κ2) is 9.62. The van der Waals surface area contributed by atoms with E-state index in [4.69, 9.17) is 0 Å². The molecule has 0 fully saturated rings. The van der Waals surface area contributed by atoms with Gasteiger partial charge in [0.25, 0.3) is 0 Å². The molecule has 0 aliphatic carbocycles. The van der Waals surface area contributed by atoms with Crippen molar-refractivity contribution in [1.29, 1.82) is 0 Å². The Hall–Kier alpha value is 0.0700. The highest BCUT2D eigenvalue weighted by molar-refractivity contribution is 7.74. The van der Waals surface area contributed by atoms with E-state index in [-0.39, 0.29) is 6.10 Å². The minimum Gasteiger partial charge on any atom is -0.750 e. The van der Waals surface area contributed by atoms with Crippen LogP contribution in [0.25, 0.3) is 0 Å². The number of unbranched alkanes of at least 4 members (excludes halogenated alkanes) is 5. The molecule has 0 radical (unpaired) electrons. The van der Waals surface area contributed by atoms with Crippen molar-refractivity contribution >= 4 is 11.4 Å². The Kier molecular flexibility index (Phi) is 9.67. The molecule has 2 atom stereocenters. The average molecular weight is 221 g/mol. The standard InChI is InChI=1S/C10H22O3S/c1-3-4-5-6-7-8-9-10(2)13-14(11)12/h10H,3-9H2,1-2H3,(H,11,12)/p-1. The van der Waals surface area contributed by atoms with Crippen molar-refractivity contribution in [2.75, 3.05) is 0 Å². The number of hydrogen-bond acceptors (Lipinski definition) is 3. The lowest BCUT2D eigenvalue weighted by atomic mass is 10.1. The first-order chi connectivity index (χ1) is 6.66. The van der Waals surface area contributed by atoms with E-state index >= 15 is 0 Å². The predicted molar refractivity (Wildman–Crippen MR) is 57.5 cm³/mol. The summed E-state index contributed by atoms with van der Waals surface area (Å²) in [5.41, 5.74) is 0. The number of hydrogen-bond donors (Lipinski definition) is 0. The lowest BCUT2D eigenvalue weighted by molar-refractivity contribution is 0.205. The van der Waals surface area contributed by atoms with Crippen molar-refractivity contribution in [3.05, 3.63) is 0 Å². The maximum Gasteiger partial charge on any atom is 0.0844 e. The molecule has 3 nitrogen and oxygen atoms in total. The zero-order valence-electron chi connectivity index (χ0n) is 9.16. The summed E-state index contributed by atoms with van der Waals surface area (Å²) in [4.78, 5) is 0. The van der Waals surface area contributed by atoms with Crippen LogP contribution in [0.3, 0.4) is 0 Å². The molecule has 0 saturated carbocycles. The summed E-state index contributed by atoms with van der Waals surface area (Å²) in [7, 11) is 0. The van der Waals surface area contributed by atoms with Gasteiger partial charge < -0.3 is 4.55 Å². The van der Waals surface area contributed by atoms with Gasteiger partial charge in [0.05, 0.1) is 17.5 Å². The molecule has 0 bridgehead atoms. The Balaban J connectivity index is 3.14. The fourth-order valence-corrected chi connectivity index (χ4v) is 1.76. The van der Waals surface area contributed by atoms with Crippen LogP contribution in [0.2, 0.25) is 0 Å². The smallest absolute Gasteiger partial charge is 0.0844 e. The lowest BCUT2D eigenvalue weighted by Gasteiger charge is -2.13. The zero-order chi connectivity index (χ0) is 10.8. The summed E-state index contributed by atoms with van der Waals surface area (Å²) >= 11 is -2.36. The molecule has 0 aromatic carbocycles. The Labute approximate surface area is 89.7 Å². The van der Waals surface area contributed by atoms with E-state index in [1.165, 1.54) is 32.1 Å². The molecular formula is C10H21O3S-. The third-order valence-electron chi connectivity index (χ3n) is 2.21. The highest BCUT2D eigenvalue weighted by Gasteiger charge is 2.01. The second-order valence-corrected chi connectivity index (χ2v) is 4.27. The topological polar surface area (TPSA) is 49.4 Å². The van der Waals surface area contributed by atoms with Gasteiger partial charge in [0.1, 0.15) is 0 Å². The maximum absolute atomic E-state index is 10.2. The molecular weight excluding hydrogens is 200 g/mol. The Morgan fingerprint density at radius 1 is 1.21 bits per heavy atom. The van der Waals surface area contributed by atoms with Crippen molar-refractivity contribution in [2.45, 2.75) is 64.9 Å². The van der Waals surface area contributed by atoms with E-state index in [2.05, 4.69) is 11.1 Å². The monoisotopic (exact) mass is 221 g/mol. The van der Waals surface area contributed by atoms with Crippen LogP contribution in [-0.4, -0.2) is 14.9 Å². The van der Waals surface area contributed by atoms with Crippen LogP contribution in [0.1, 0.15) is 58.8 Å². The van der Waals surface area contributed by atoms with Crippen LogP contribution in [0.5, 0.6) is 0 Å². The third-order valence-corrected chi connectivity index (χ3v) is 2.69. The van der Waals surface area contributed by atoms with Crippen molar-refractivity contribution in [3.8, 4) is 0 Å². The SMILES string of the molecule is CCCCCCCCC(C)OS(=O)[O-]. The highest BCUT2D eigenvalue weighted by Crippen LogP contribution is 2.10. The number of rotatable bonds is 9. The molecule has 0 rings (SSSR count). The Bertz CT molecular complexity index is 150. The van der Waals surface area contributed by atoms with Crippen LogP contribution in [0, 0.1) is 0 Å². The summed E-state index contributed by atoms with van der Waals surface area (Å²) < 4.78 is 24.9. The van der Waals surface area contributed by atoms with Gasteiger partial charge in [-0.1, -0.05) is 45.4 Å². The molecule has 4 heteroatoms. The molecule has 0 saturated heterocycles. The Morgan fingerprint density at radius 3 is 2.36 bits per heavy atom. The lowest BCUT2D eigenvalue weighted by Crippen LogP contribution is -2.09. The summed E-state index contributed by atoms with van der Waals surface area (Å²) in [6.45, 7) is 3.99. The highest BCUT2D eigenvalue weighted by atomic mass is 32.2. The van der Waals surface area contributed by atoms with Crippen molar-refractivity contribution in [1.82, 2.24) is 0 Å². The van der Waals surface area contributed by atoms with Gasteiger partial charge in [0, 0.05) is 0 Å². The minimum atomic E-state index is -2.36. The molecule has 2 unspecified atom stereocenters. The van der Waals surface area contributed by atoms with Gasteiger partial charge in [-0.15, -0.1) is 0 Å². The normalized spacial score (nSPS) is 15.4. The first-order valence-corrected chi connectivity index (χ1v) is 6.43.